The van der Waals surface area contributed by atoms with Crippen molar-refractivity contribution in [1.82, 2.24) is 9.88 Å². The van der Waals surface area contributed by atoms with E-state index in [2.05, 4.69) is 24.0 Å². The number of likely N-dealkylation sites (tertiary alicyclic amines) is 1. The van der Waals surface area contributed by atoms with Crippen LogP contribution >= 0.6 is 0 Å². The van der Waals surface area contributed by atoms with Crippen molar-refractivity contribution in [2.45, 2.75) is 44.7 Å². The molecule has 3 aliphatic rings. The van der Waals surface area contributed by atoms with E-state index in [0.29, 0.717) is 55.0 Å². The minimum Gasteiger partial charge on any atom is -0.493 e. The van der Waals surface area contributed by atoms with Crippen LogP contribution in [0.25, 0.3) is 0 Å². The van der Waals surface area contributed by atoms with Crippen molar-refractivity contribution in [3.63, 3.8) is 0 Å². The highest BCUT2D eigenvalue weighted by atomic mass is 16.7. The van der Waals surface area contributed by atoms with Gasteiger partial charge in [-0.25, -0.2) is 4.98 Å². The summed E-state index contributed by atoms with van der Waals surface area (Å²) in [5, 5.41) is 9.35. The highest BCUT2D eigenvalue weighted by Crippen LogP contribution is 2.39. The summed E-state index contributed by atoms with van der Waals surface area (Å²) in [6, 6.07) is 11.8. The van der Waals surface area contributed by atoms with Crippen LogP contribution < -0.4 is 14.4 Å². The second-order valence-electron chi connectivity index (χ2n) is 10.2. The number of hydrogen-bond donors (Lipinski definition) is 0. The summed E-state index contributed by atoms with van der Waals surface area (Å²) >= 11 is 0. The van der Waals surface area contributed by atoms with Crippen molar-refractivity contribution < 1.29 is 23.7 Å². The molecule has 3 fully saturated rings. The van der Waals surface area contributed by atoms with Crippen LogP contribution in [-0.2, 0) is 14.3 Å². The second kappa shape index (κ2) is 9.60. The Labute approximate surface area is 211 Å². The second-order valence-corrected chi connectivity index (χ2v) is 10.2. The molecule has 0 aliphatic carbocycles. The van der Waals surface area contributed by atoms with Crippen LogP contribution in [0.4, 0.5) is 5.82 Å². The van der Waals surface area contributed by atoms with Crippen LogP contribution in [0, 0.1) is 17.2 Å². The van der Waals surface area contributed by atoms with Crippen molar-refractivity contribution in [3.8, 4) is 17.6 Å². The first-order valence-electron chi connectivity index (χ1n) is 12.3. The number of pyridine rings is 1. The molecule has 2 unspecified atom stereocenters. The maximum atomic E-state index is 13.1. The maximum absolute atomic E-state index is 13.1. The van der Waals surface area contributed by atoms with E-state index in [1.54, 1.807) is 25.4 Å². The van der Waals surface area contributed by atoms with Gasteiger partial charge >= 0.3 is 0 Å². The number of hydrogen-bond acceptors (Lipinski definition) is 8. The lowest BCUT2D eigenvalue weighted by Crippen LogP contribution is -2.54. The van der Waals surface area contributed by atoms with Crippen LogP contribution in [0.3, 0.4) is 0 Å². The largest absolute Gasteiger partial charge is 0.493 e. The average Bonchev–Trinajstić information content (AvgIpc) is 3.42. The van der Waals surface area contributed by atoms with E-state index >= 15 is 0 Å². The molecule has 3 saturated heterocycles. The van der Waals surface area contributed by atoms with E-state index < -0.39 is 11.9 Å². The molecule has 36 heavy (non-hydrogen) atoms. The zero-order valence-corrected chi connectivity index (χ0v) is 21.1. The number of methoxy groups -OCH3 is 1. The Kier molecular flexibility index (Phi) is 6.49. The van der Waals surface area contributed by atoms with Gasteiger partial charge in [-0.3, -0.25) is 4.79 Å². The van der Waals surface area contributed by atoms with E-state index in [9.17, 15) is 10.1 Å². The van der Waals surface area contributed by atoms with Crippen molar-refractivity contribution in [2.75, 3.05) is 44.8 Å². The number of ether oxygens (including phenoxy) is 4. The predicted molar refractivity (Wildman–Crippen MR) is 132 cm³/mol. The van der Waals surface area contributed by atoms with E-state index in [0.717, 1.165) is 5.56 Å². The molecule has 3 atom stereocenters. The molecule has 0 radical (unpaired) electrons. The lowest BCUT2D eigenvalue weighted by atomic mass is 9.90. The maximum Gasteiger partial charge on any atom is 0.254 e. The third-order valence-corrected chi connectivity index (χ3v) is 7.17. The number of nitrogens with zero attached hydrogens (tertiary/aromatic N) is 4. The average molecular weight is 493 g/mol. The van der Waals surface area contributed by atoms with Crippen LogP contribution in [0.15, 0.2) is 36.5 Å². The van der Waals surface area contributed by atoms with Crippen molar-refractivity contribution >= 4 is 11.7 Å². The van der Waals surface area contributed by atoms with Gasteiger partial charge in [-0.1, -0.05) is 13.0 Å². The Morgan fingerprint density at radius 1 is 1.19 bits per heavy atom. The van der Waals surface area contributed by atoms with Gasteiger partial charge in [0.05, 0.1) is 32.4 Å². The fraction of sp³-hybridized carbons (Fsp3) is 0.519. The highest BCUT2D eigenvalue weighted by molar-refractivity contribution is 5.81. The molecule has 0 bridgehead atoms. The molecule has 5 rings (SSSR count). The number of carbonyl (C=O) groups is 1. The Hall–Kier alpha value is -3.35. The summed E-state index contributed by atoms with van der Waals surface area (Å²) in [6.45, 7) is 8.69. The Bertz CT molecular complexity index is 1170. The lowest BCUT2D eigenvalue weighted by Gasteiger charge is -2.40. The number of anilines is 1. The first-order valence-corrected chi connectivity index (χ1v) is 12.3. The van der Waals surface area contributed by atoms with Crippen LogP contribution in [0.1, 0.15) is 37.8 Å². The Morgan fingerprint density at radius 2 is 2.00 bits per heavy atom. The molecule has 9 heteroatoms. The topological polar surface area (TPSA) is 97.2 Å². The summed E-state index contributed by atoms with van der Waals surface area (Å²) in [5.74, 6) is 1.78. The summed E-state index contributed by atoms with van der Waals surface area (Å²) in [4.78, 5) is 21.3. The molecule has 0 spiro atoms. The van der Waals surface area contributed by atoms with Crippen molar-refractivity contribution in [3.05, 3.63) is 47.7 Å². The summed E-state index contributed by atoms with van der Waals surface area (Å²) in [5.41, 5.74) is 1.67. The normalized spacial score (nSPS) is 25.4. The van der Waals surface area contributed by atoms with E-state index in [1.807, 2.05) is 35.8 Å². The molecule has 2 aromatic rings. The smallest absolute Gasteiger partial charge is 0.254 e. The third-order valence-electron chi connectivity index (χ3n) is 7.17. The van der Waals surface area contributed by atoms with Gasteiger partial charge in [0.1, 0.15) is 18.0 Å². The van der Waals surface area contributed by atoms with Crippen LogP contribution in [0.5, 0.6) is 11.5 Å². The minimum atomic E-state index is -0.725. The van der Waals surface area contributed by atoms with Gasteiger partial charge in [0.2, 0.25) is 0 Å². The van der Waals surface area contributed by atoms with E-state index in [4.69, 9.17) is 18.9 Å². The van der Waals surface area contributed by atoms with E-state index in [-0.39, 0.29) is 24.5 Å². The molecule has 190 valence electrons. The quantitative estimate of drug-likeness (QED) is 0.607. The molecule has 1 amide bonds. The standard InChI is InChI=1S/C27H32N4O5/c1-17-12-31(26(32)24-16-34-27(2,3)36-24)15-21(17)18-7-8-22(33-4)23(10-18)35-20-13-30(14-20)25-19(11-28)6-5-9-29-25/h5-10,17,20-21,24H,12-16H2,1-4H3/t17?,21?,24-/m0/s1. The van der Waals surface area contributed by atoms with Crippen molar-refractivity contribution in [1.29, 1.82) is 5.26 Å². The molecule has 0 saturated carbocycles. The zero-order chi connectivity index (χ0) is 25.4. The van der Waals surface area contributed by atoms with Gasteiger partial charge in [0, 0.05) is 25.2 Å². The Balaban J connectivity index is 1.25. The van der Waals surface area contributed by atoms with Gasteiger partial charge in [0.25, 0.3) is 5.91 Å². The predicted octanol–water partition coefficient (Wildman–Crippen LogP) is 2.94. The molecule has 1 aromatic heterocycles. The van der Waals surface area contributed by atoms with Crippen molar-refractivity contribution in [2.24, 2.45) is 5.92 Å². The van der Waals surface area contributed by atoms with Crippen LogP contribution in [0.2, 0.25) is 0 Å². The third kappa shape index (κ3) is 4.71. The molecule has 4 heterocycles. The first-order chi connectivity index (χ1) is 17.3. The number of carbonyl (C=O) groups excluding carboxylic acids is 1. The monoisotopic (exact) mass is 492 g/mol. The van der Waals surface area contributed by atoms with Gasteiger partial charge in [-0.2, -0.15) is 5.26 Å². The minimum absolute atomic E-state index is 0.0132. The molecule has 0 N–H and O–H groups in total. The Morgan fingerprint density at radius 3 is 2.69 bits per heavy atom. The zero-order valence-electron chi connectivity index (χ0n) is 21.1. The highest BCUT2D eigenvalue weighted by Gasteiger charge is 2.42. The number of nitriles is 1. The molecular formula is C27H32N4O5. The first kappa shape index (κ1) is 24.3. The van der Waals surface area contributed by atoms with Gasteiger partial charge in [0.15, 0.2) is 23.4 Å². The fourth-order valence-corrected chi connectivity index (χ4v) is 5.21. The lowest BCUT2D eigenvalue weighted by molar-refractivity contribution is -0.159. The number of rotatable bonds is 6. The van der Waals surface area contributed by atoms with Gasteiger partial charge in [-0.05, 0) is 49.6 Å². The molecule has 3 aliphatic heterocycles. The van der Waals surface area contributed by atoms with Crippen LogP contribution in [-0.4, -0.2) is 73.7 Å². The number of amides is 1. The summed E-state index contributed by atoms with van der Waals surface area (Å²) < 4.78 is 23.3. The fourth-order valence-electron chi connectivity index (χ4n) is 5.21. The molecule has 1 aromatic carbocycles. The molecular weight excluding hydrogens is 460 g/mol. The van der Waals surface area contributed by atoms with Gasteiger partial charge in [-0.15, -0.1) is 0 Å². The van der Waals surface area contributed by atoms with Gasteiger partial charge < -0.3 is 28.7 Å². The van der Waals surface area contributed by atoms with E-state index in [1.165, 1.54) is 0 Å². The number of aromatic nitrogens is 1. The SMILES string of the molecule is COc1ccc(C2CN(C(=O)[C@@H]3COC(C)(C)O3)CC2C)cc1OC1CN(c2ncccc2C#N)C1. The summed E-state index contributed by atoms with van der Waals surface area (Å²) in [6.07, 6.45) is 1.10. The molecule has 9 nitrogen and oxygen atoms in total. The number of benzene rings is 1. The summed E-state index contributed by atoms with van der Waals surface area (Å²) in [7, 11) is 1.63.